The first kappa shape index (κ1) is 14.0. The highest BCUT2D eigenvalue weighted by Crippen LogP contribution is 2.10. The highest BCUT2D eigenvalue weighted by atomic mass is 16.3. The van der Waals surface area contributed by atoms with Crippen molar-refractivity contribution in [3.8, 4) is 5.75 Å². The second kappa shape index (κ2) is 6.67. The van der Waals surface area contributed by atoms with E-state index in [1.54, 1.807) is 24.3 Å². The molecule has 1 aromatic heterocycles. The molecular formula is C13H17N5O2. The van der Waals surface area contributed by atoms with Gasteiger partial charge in [0.05, 0.1) is 6.04 Å². The first-order valence-corrected chi connectivity index (χ1v) is 6.30. The van der Waals surface area contributed by atoms with Gasteiger partial charge < -0.3 is 16.2 Å². The van der Waals surface area contributed by atoms with Crippen LogP contribution in [0.5, 0.6) is 5.75 Å². The maximum Gasteiger partial charge on any atom is 0.237 e. The lowest BCUT2D eigenvalue weighted by molar-refractivity contribution is -0.122. The maximum atomic E-state index is 11.8. The van der Waals surface area contributed by atoms with Crippen LogP contribution in [0.4, 0.5) is 0 Å². The van der Waals surface area contributed by atoms with Crippen molar-refractivity contribution in [2.45, 2.75) is 18.9 Å². The lowest BCUT2D eigenvalue weighted by Gasteiger charge is -2.12. The zero-order valence-corrected chi connectivity index (χ0v) is 10.9. The van der Waals surface area contributed by atoms with Crippen molar-refractivity contribution >= 4 is 5.91 Å². The maximum absolute atomic E-state index is 11.8. The number of aromatic nitrogens is 3. The molecule has 5 N–H and O–H groups in total. The first-order chi connectivity index (χ1) is 9.65. The minimum absolute atomic E-state index is 0.193. The van der Waals surface area contributed by atoms with Gasteiger partial charge in [-0.05, 0) is 24.1 Å². The molecule has 1 heterocycles. The number of nitrogens with zero attached hydrogens (tertiary/aromatic N) is 2. The van der Waals surface area contributed by atoms with Crippen molar-refractivity contribution in [3.05, 3.63) is 42.0 Å². The zero-order valence-electron chi connectivity index (χ0n) is 10.9. The molecule has 7 nitrogen and oxygen atoms in total. The summed E-state index contributed by atoms with van der Waals surface area (Å²) in [5.41, 5.74) is 6.74. The summed E-state index contributed by atoms with van der Waals surface area (Å²) < 4.78 is 0. The Morgan fingerprint density at radius 1 is 1.40 bits per heavy atom. The van der Waals surface area contributed by atoms with Crippen molar-refractivity contribution in [2.24, 2.45) is 5.73 Å². The number of phenols is 1. The number of hydrogen-bond donors (Lipinski definition) is 4. The van der Waals surface area contributed by atoms with Gasteiger partial charge in [-0.25, -0.2) is 4.98 Å². The molecule has 7 heteroatoms. The highest BCUT2D eigenvalue weighted by molar-refractivity contribution is 5.81. The number of H-pyrrole nitrogens is 1. The third-order valence-electron chi connectivity index (χ3n) is 2.85. The van der Waals surface area contributed by atoms with Crippen LogP contribution >= 0.6 is 0 Å². The summed E-state index contributed by atoms with van der Waals surface area (Å²) in [7, 11) is 0. The Morgan fingerprint density at radius 3 is 2.80 bits per heavy atom. The minimum Gasteiger partial charge on any atom is -0.508 e. The fraction of sp³-hybridized carbons (Fsp3) is 0.308. The minimum atomic E-state index is -0.616. The van der Waals surface area contributed by atoms with Gasteiger partial charge in [-0.1, -0.05) is 12.1 Å². The van der Waals surface area contributed by atoms with Crippen LogP contribution in [0, 0.1) is 0 Å². The van der Waals surface area contributed by atoms with Crippen LogP contribution in [0.2, 0.25) is 0 Å². The van der Waals surface area contributed by atoms with E-state index in [1.807, 2.05) is 0 Å². The Morgan fingerprint density at radius 2 is 2.15 bits per heavy atom. The number of carbonyl (C=O) groups excluding carboxylic acids is 1. The van der Waals surface area contributed by atoms with Crippen molar-refractivity contribution in [2.75, 3.05) is 6.54 Å². The first-order valence-electron chi connectivity index (χ1n) is 6.30. The number of nitrogens with one attached hydrogen (secondary N) is 2. The van der Waals surface area contributed by atoms with Gasteiger partial charge in [0.2, 0.25) is 5.91 Å². The Balaban J connectivity index is 1.75. The van der Waals surface area contributed by atoms with E-state index < -0.39 is 6.04 Å². The SMILES string of the molecule is NC(Cc1ccc(O)cc1)C(=O)NCCc1ncn[nH]1. The van der Waals surface area contributed by atoms with Gasteiger partial charge in [-0.15, -0.1) is 0 Å². The van der Waals surface area contributed by atoms with Crippen LogP contribution < -0.4 is 11.1 Å². The third kappa shape index (κ3) is 4.06. The Bertz CT molecular complexity index is 538. The summed E-state index contributed by atoms with van der Waals surface area (Å²) in [5, 5.41) is 18.4. The van der Waals surface area contributed by atoms with E-state index in [0.29, 0.717) is 19.4 Å². The van der Waals surface area contributed by atoms with Gasteiger partial charge in [-0.2, -0.15) is 5.10 Å². The average molecular weight is 275 g/mol. The van der Waals surface area contributed by atoms with Gasteiger partial charge in [-0.3, -0.25) is 9.89 Å². The van der Waals surface area contributed by atoms with E-state index in [2.05, 4.69) is 20.5 Å². The molecule has 0 fully saturated rings. The van der Waals surface area contributed by atoms with Gasteiger partial charge >= 0.3 is 0 Å². The molecule has 1 amide bonds. The monoisotopic (exact) mass is 275 g/mol. The van der Waals surface area contributed by atoms with Gasteiger partial charge in [0.25, 0.3) is 0 Å². The normalized spacial score (nSPS) is 12.1. The fourth-order valence-corrected chi connectivity index (χ4v) is 1.77. The third-order valence-corrected chi connectivity index (χ3v) is 2.85. The lowest BCUT2D eigenvalue weighted by Crippen LogP contribution is -2.42. The summed E-state index contributed by atoms with van der Waals surface area (Å²) in [6.07, 6.45) is 2.43. The molecule has 0 spiro atoms. The van der Waals surface area contributed by atoms with Crippen LogP contribution in [-0.2, 0) is 17.6 Å². The van der Waals surface area contributed by atoms with Gasteiger partial charge in [0.1, 0.15) is 17.9 Å². The summed E-state index contributed by atoms with van der Waals surface area (Å²) in [6.45, 7) is 0.456. The number of carbonyl (C=O) groups is 1. The number of benzene rings is 1. The molecule has 2 aromatic rings. The molecule has 0 saturated carbocycles. The van der Waals surface area contributed by atoms with Crippen LogP contribution in [-0.4, -0.2) is 38.8 Å². The molecule has 0 radical (unpaired) electrons. The Labute approximate surface area is 116 Å². The molecule has 0 aliphatic rings. The Hall–Kier alpha value is -2.41. The number of aromatic hydroxyl groups is 1. The van der Waals surface area contributed by atoms with Crippen LogP contribution in [0.3, 0.4) is 0 Å². The van der Waals surface area contributed by atoms with Crippen molar-refractivity contribution < 1.29 is 9.90 Å². The van der Waals surface area contributed by atoms with E-state index >= 15 is 0 Å². The van der Waals surface area contributed by atoms with E-state index in [4.69, 9.17) is 5.73 Å². The molecule has 0 aliphatic carbocycles. The van der Waals surface area contributed by atoms with E-state index in [-0.39, 0.29) is 11.7 Å². The molecule has 106 valence electrons. The quantitative estimate of drug-likeness (QED) is 0.579. The number of phenolic OH excluding ortho intramolecular Hbond substituents is 1. The number of aromatic amines is 1. The summed E-state index contributed by atoms with van der Waals surface area (Å²) in [5.74, 6) is 0.703. The van der Waals surface area contributed by atoms with Crippen LogP contribution in [0.25, 0.3) is 0 Å². The lowest BCUT2D eigenvalue weighted by atomic mass is 10.1. The van der Waals surface area contributed by atoms with Crippen LogP contribution in [0.1, 0.15) is 11.4 Å². The topological polar surface area (TPSA) is 117 Å². The average Bonchev–Trinajstić information content (AvgIpc) is 2.94. The number of hydrogen-bond acceptors (Lipinski definition) is 5. The molecule has 1 aromatic carbocycles. The smallest absolute Gasteiger partial charge is 0.237 e. The summed E-state index contributed by atoms with van der Waals surface area (Å²) in [4.78, 5) is 15.8. The molecule has 0 bridgehead atoms. The molecule has 1 unspecified atom stereocenters. The molecule has 20 heavy (non-hydrogen) atoms. The van der Waals surface area contributed by atoms with Crippen molar-refractivity contribution in [1.29, 1.82) is 0 Å². The fourth-order valence-electron chi connectivity index (χ4n) is 1.77. The Kier molecular flexibility index (Phi) is 4.67. The van der Waals surface area contributed by atoms with Crippen molar-refractivity contribution in [3.63, 3.8) is 0 Å². The van der Waals surface area contributed by atoms with E-state index in [0.717, 1.165) is 11.4 Å². The molecule has 2 rings (SSSR count). The highest BCUT2D eigenvalue weighted by Gasteiger charge is 2.13. The number of amides is 1. The predicted molar refractivity (Wildman–Crippen MR) is 72.9 cm³/mol. The van der Waals surface area contributed by atoms with Gasteiger partial charge in [0.15, 0.2) is 0 Å². The second-order valence-corrected chi connectivity index (χ2v) is 4.45. The second-order valence-electron chi connectivity index (χ2n) is 4.45. The largest absolute Gasteiger partial charge is 0.508 e. The van der Waals surface area contributed by atoms with E-state index in [9.17, 15) is 9.90 Å². The predicted octanol–water partition coefficient (Wildman–Crippen LogP) is -0.261. The molecule has 0 aliphatic heterocycles. The number of nitrogens with two attached hydrogens (primary N) is 1. The standard InChI is InChI=1S/C13H17N5O2/c14-11(7-9-1-3-10(19)4-2-9)13(20)15-6-5-12-16-8-17-18-12/h1-4,8,11,19H,5-7,14H2,(H,15,20)(H,16,17,18). The zero-order chi connectivity index (χ0) is 14.4. The molecule has 1 atom stereocenters. The summed E-state index contributed by atoms with van der Waals surface area (Å²) in [6, 6.07) is 6.02. The van der Waals surface area contributed by atoms with Crippen LogP contribution in [0.15, 0.2) is 30.6 Å². The van der Waals surface area contributed by atoms with Crippen molar-refractivity contribution in [1.82, 2.24) is 20.5 Å². The van der Waals surface area contributed by atoms with Gasteiger partial charge in [0, 0.05) is 13.0 Å². The number of rotatable bonds is 6. The molecular weight excluding hydrogens is 258 g/mol. The molecule has 0 saturated heterocycles. The van der Waals surface area contributed by atoms with E-state index in [1.165, 1.54) is 6.33 Å². The summed E-state index contributed by atoms with van der Waals surface area (Å²) >= 11 is 0.